The van der Waals surface area contributed by atoms with Gasteiger partial charge < -0.3 is 20.3 Å². The molecule has 6 heteroatoms. The Hall–Kier alpha value is -2.08. The molecule has 4 aliphatic carbocycles. The first-order chi connectivity index (χ1) is 13.7. The molecule has 2 saturated carbocycles. The molecule has 158 valence electrons. The van der Waals surface area contributed by atoms with Crippen LogP contribution >= 0.6 is 0 Å². The van der Waals surface area contributed by atoms with Crippen molar-refractivity contribution in [1.29, 1.82) is 0 Å². The summed E-state index contributed by atoms with van der Waals surface area (Å²) in [5, 5.41) is 24.2. The van der Waals surface area contributed by atoms with Crippen molar-refractivity contribution in [2.24, 2.45) is 22.7 Å². The summed E-state index contributed by atoms with van der Waals surface area (Å²) in [6.07, 6.45) is 10.1. The Balaban J connectivity index is 1.76. The maximum Gasteiger partial charge on any atom is 0.352 e. The number of nitrogens with one attached hydrogen (secondary N) is 1. The lowest BCUT2D eigenvalue weighted by Gasteiger charge is -2.61. The number of amides is 1. The number of carboxylic acids is 1. The van der Waals surface area contributed by atoms with Crippen molar-refractivity contribution in [3.8, 4) is 0 Å². The van der Waals surface area contributed by atoms with E-state index in [0.29, 0.717) is 19.3 Å². The highest BCUT2D eigenvalue weighted by Crippen LogP contribution is 2.67. The molecule has 4 aliphatic rings. The Morgan fingerprint density at radius 1 is 1.24 bits per heavy atom. The monoisotopic (exact) mass is 401 g/mol. The second-order valence-corrected chi connectivity index (χ2v) is 9.56. The minimum atomic E-state index is -1.09. The summed E-state index contributed by atoms with van der Waals surface area (Å²) < 4.78 is 5.47. The van der Waals surface area contributed by atoms with E-state index in [1.54, 1.807) is 7.11 Å². The van der Waals surface area contributed by atoms with Gasteiger partial charge in [-0.15, -0.1) is 0 Å². The van der Waals surface area contributed by atoms with Gasteiger partial charge in [-0.25, -0.2) is 4.79 Å². The molecule has 5 atom stereocenters. The molecule has 4 rings (SSSR count). The average molecular weight is 402 g/mol. The summed E-state index contributed by atoms with van der Waals surface area (Å²) in [5.74, 6) is 0.156. The van der Waals surface area contributed by atoms with Gasteiger partial charge in [0, 0.05) is 11.8 Å². The van der Waals surface area contributed by atoms with Crippen molar-refractivity contribution in [3.05, 3.63) is 34.8 Å². The van der Waals surface area contributed by atoms with E-state index in [-0.39, 0.29) is 28.4 Å². The zero-order valence-electron chi connectivity index (χ0n) is 17.5. The lowest BCUT2D eigenvalue weighted by Crippen LogP contribution is -2.61. The van der Waals surface area contributed by atoms with Gasteiger partial charge in [-0.2, -0.15) is 0 Å². The zero-order chi connectivity index (χ0) is 21.0. The van der Waals surface area contributed by atoms with E-state index in [0.717, 1.165) is 43.4 Å². The van der Waals surface area contributed by atoms with Crippen LogP contribution < -0.4 is 5.32 Å². The number of aliphatic carboxylic acids is 1. The molecule has 0 spiro atoms. The van der Waals surface area contributed by atoms with E-state index in [4.69, 9.17) is 4.74 Å². The molecule has 0 aromatic rings. The zero-order valence-corrected chi connectivity index (χ0v) is 17.5. The predicted molar refractivity (Wildman–Crippen MR) is 107 cm³/mol. The number of ether oxygens (including phenoxy) is 1. The highest BCUT2D eigenvalue weighted by atomic mass is 16.5. The summed E-state index contributed by atoms with van der Waals surface area (Å²) in [6, 6.07) is 0. The van der Waals surface area contributed by atoms with Crippen LogP contribution in [0.15, 0.2) is 34.8 Å². The molecular formula is C23H31NO5. The molecule has 0 unspecified atom stereocenters. The predicted octanol–water partition coefficient (Wildman–Crippen LogP) is 3.29. The molecule has 0 heterocycles. The Morgan fingerprint density at radius 3 is 2.66 bits per heavy atom. The van der Waals surface area contributed by atoms with Gasteiger partial charge in [0.2, 0.25) is 6.41 Å². The van der Waals surface area contributed by atoms with Gasteiger partial charge >= 0.3 is 5.97 Å². The van der Waals surface area contributed by atoms with Gasteiger partial charge in [0.1, 0.15) is 5.70 Å². The standard InChI is InChI=1S/C23H31NO5/c1-21-10-11-23(28)17(5-4-14-12-15(29-3)8-9-22(14,23)2)16(21)6-7-18(21)19(20(26)27)24-13-25/h4,12-13,16-17,28H,5-11H2,1-3H3,(H,24,25)(H,26,27)/t16-,17-,21-,22-,23+/m0/s1. The fraction of sp³-hybridized carbons (Fsp3) is 0.652. The first-order valence-electron chi connectivity index (χ1n) is 10.6. The van der Waals surface area contributed by atoms with E-state index >= 15 is 0 Å². The normalized spacial score (nSPS) is 42.5. The van der Waals surface area contributed by atoms with Crippen molar-refractivity contribution in [1.82, 2.24) is 5.32 Å². The van der Waals surface area contributed by atoms with Gasteiger partial charge in [-0.05, 0) is 73.0 Å². The van der Waals surface area contributed by atoms with Crippen LogP contribution in [0.4, 0.5) is 0 Å². The third kappa shape index (κ3) is 2.64. The molecule has 0 aromatic heterocycles. The Labute approximate surface area is 171 Å². The van der Waals surface area contributed by atoms with Gasteiger partial charge in [-0.1, -0.05) is 19.9 Å². The molecule has 0 bridgehead atoms. The quantitative estimate of drug-likeness (QED) is 0.496. The molecule has 2 fully saturated rings. The minimum absolute atomic E-state index is 0.0269. The van der Waals surface area contributed by atoms with E-state index in [1.165, 1.54) is 5.57 Å². The number of rotatable bonds is 4. The van der Waals surface area contributed by atoms with Crippen LogP contribution in [0.25, 0.3) is 0 Å². The largest absolute Gasteiger partial charge is 0.501 e. The van der Waals surface area contributed by atoms with E-state index in [1.807, 2.05) is 0 Å². The van der Waals surface area contributed by atoms with Gasteiger partial charge in [0.25, 0.3) is 0 Å². The van der Waals surface area contributed by atoms with Gasteiger partial charge in [0.15, 0.2) is 0 Å². The number of fused-ring (bicyclic) bond motifs is 5. The van der Waals surface area contributed by atoms with Crippen molar-refractivity contribution < 1.29 is 24.5 Å². The number of aliphatic hydroxyl groups is 1. The first-order valence-corrected chi connectivity index (χ1v) is 10.6. The highest BCUT2D eigenvalue weighted by Gasteiger charge is 2.64. The van der Waals surface area contributed by atoms with Crippen LogP contribution in [0.2, 0.25) is 0 Å². The first kappa shape index (κ1) is 20.2. The third-order valence-electron chi connectivity index (χ3n) is 8.69. The van der Waals surface area contributed by atoms with Crippen molar-refractivity contribution in [2.75, 3.05) is 7.11 Å². The van der Waals surface area contributed by atoms with Crippen molar-refractivity contribution in [3.63, 3.8) is 0 Å². The molecule has 29 heavy (non-hydrogen) atoms. The Bertz CT molecular complexity index is 842. The molecule has 0 aliphatic heterocycles. The van der Waals surface area contributed by atoms with Crippen LogP contribution in [0.5, 0.6) is 0 Å². The van der Waals surface area contributed by atoms with Crippen LogP contribution in [-0.4, -0.2) is 35.3 Å². The summed E-state index contributed by atoms with van der Waals surface area (Å²) in [6.45, 7) is 4.30. The molecule has 0 saturated heterocycles. The lowest BCUT2D eigenvalue weighted by atomic mass is 9.46. The van der Waals surface area contributed by atoms with Crippen molar-refractivity contribution >= 4 is 12.4 Å². The minimum Gasteiger partial charge on any atom is -0.501 e. The van der Waals surface area contributed by atoms with Gasteiger partial charge in [-0.3, -0.25) is 4.79 Å². The average Bonchev–Trinajstić information content (AvgIpc) is 3.03. The van der Waals surface area contributed by atoms with Crippen LogP contribution in [0.3, 0.4) is 0 Å². The summed E-state index contributed by atoms with van der Waals surface area (Å²) in [4.78, 5) is 22.8. The lowest BCUT2D eigenvalue weighted by molar-refractivity contribution is -0.172. The number of hydrogen-bond acceptors (Lipinski definition) is 4. The van der Waals surface area contributed by atoms with Crippen LogP contribution in [0, 0.1) is 22.7 Å². The number of hydrogen-bond donors (Lipinski definition) is 3. The molecule has 0 aromatic carbocycles. The second kappa shape index (κ2) is 6.73. The topological polar surface area (TPSA) is 95.9 Å². The van der Waals surface area contributed by atoms with Crippen LogP contribution in [0.1, 0.15) is 58.8 Å². The molecule has 3 N–H and O–H groups in total. The SMILES string of the molecule is COC1=CC2=CC[C@H]3[C@@H]4CCC(=C(NC=O)C(=O)O)[C@@]4(C)CC[C@]3(O)[C@@]2(C)CC1. The van der Waals surface area contributed by atoms with E-state index in [9.17, 15) is 19.8 Å². The second-order valence-electron chi connectivity index (χ2n) is 9.56. The molecule has 1 amide bonds. The molecular weight excluding hydrogens is 370 g/mol. The van der Waals surface area contributed by atoms with E-state index < -0.39 is 11.6 Å². The summed E-state index contributed by atoms with van der Waals surface area (Å²) >= 11 is 0. The maximum atomic E-state index is 12.1. The maximum absolute atomic E-state index is 12.1. The van der Waals surface area contributed by atoms with Crippen LogP contribution in [-0.2, 0) is 14.3 Å². The summed E-state index contributed by atoms with van der Waals surface area (Å²) in [5.41, 5.74) is 0.583. The molecule has 0 radical (unpaired) electrons. The van der Waals surface area contributed by atoms with Crippen molar-refractivity contribution in [2.45, 2.75) is 64.4 Å². The number of carbonyl (C=O) groups excluding carboxylic acids is 1. The van der Waals surface area contributed by atoms with Gasteiger partial charge in [0.05, 0.1) is 18.5 Å². The molecule has 6 nitrogen and oxygen atoms in total. The number of carbonyl (C=O) groups is 2. The number of carboxylic acid groups (broad SMARTS) is 1. The Morgan fingerprint density at radius 2 is 2.00 bits per heavy atom. The summed E-state index contributed by atoms with van der Waals surface area (Å²) in [7, 11) is 1.70. The smallest absolute Gasteiger partial charge is 0.352 e. The fourth-order valence-corrected chi connectivity index (χ4v) is 6.96. The number of methoxy groups -OCH3 is 1. The fourth-order valence-electron chi connectivity index (χ4n) is 6.96. The Kier molecular flexibility index (Phi) is 4.69. The van der Waals surface area contributed by atoms with E-state index in [2.05, 4.69) is 31.3 Å². The number of allylic oxidation sites excluding steroid dienone is 4. The third-order valence-corrected chi connectivity index (χ3v) is 8.69. The highest BCUT2D eigenvalue weighted by molar-refractivity contribution is 5.89.